The third-order valence-corrected chi connectivity index (χ3v) is 2.01. The van der Waals surface area contributed by atoms with Crippen LogP contribution in [0.4, 0.5) is 0 Å². The summed E-state index contributed by atoms with van der Waals surface area (Å²) in [5.74, 6) is 0.651. The minimum atomic E-state index is 0.606. The molecule has 10 heavy (non-hydrogen) atoms. The lowest BCUT2D eigenvalue weighted by molar-refractivity contribution is 0.285. The van der Waals surface area contributed by atoms with Crippen molar-refractivity contribution in [3.8, 4) is 0 Å². The fourth-order valence-electron chi connectivity index (χ4n) is 0.400. The van der Waals surface area contributed by atoms with E-state index in [2.05, 4.69) is 20.4 Å². The van der Waals surface area contributed by atoms with Gasteiger partial charge in [0.25, 0.3) is 0 Å². The molecule has 0 atom stereocenters. The molecule has 0 saturated heterocycles. The average Bonchev–Trinajstić information content (AvgIpc) is 1.79. The van der Waals surface area contributed by atoms with Gasteiger partial charge in [-0.3, -0.25) is 0 Å². The molecular weight excluding hydrogens is 140 g/mol. The standard InChI is InChI=1S/C8H16OSi/c1-7(2)5-9-10-6-8(3)4/h7H,3,5-6H2,1-2,4H3. The summed E-state index contributed by atoms with van der Waals surface area (Å²) in [5, 5.41) is 0. The van der Waals surface area contributed by atoms with Crippen molar-refractivity contribution >= 4 is 9.76 Å². The van der Waals surface area contributed by atoms with Gasteiger partial charge in [0, 0.05) is 6.61 Å². The van der Waals surface area contributed by atoms with Gasteiger partial charge in [-0.05, 0) is 18.9 Å². The maximum absolute atomic E-state index is 5.37. The topological polar surface area (TPSA) is 9.23 Å². The van der Waals surface area contributed by atoms with Gasteiger partial charge in [-0.15, -0.1) is 6.58 Å². The monoisotopic (exact) mass is 156 g/mol. The Kier molecular flexibility index (Phi) is 5.64. The second-order valence-corrected chi connectivity index (χ2v) is 3.91. The molecule has 58 valence electrons. The third kappa shape index (κ3) is 7.92. The Labute approximate surface area is 66.4 Å². The summed E-state index contributed by atoms with van der Waals surface area (Å²) in [7, 11) is 0.606. The van der Waals surface area contributed by atoms with Crippen LogP contribution in [0.1, 0.15) is 20.8 Å². The molecule has 0 aromatic carbocycles. The smallest absolute Gasteiger partial charge is 0.234 e. The molecule has 0 heterocycles. The largest absolute Gasteiger partial charge is 0.417 e. The van der Waals surface area contributed by atoms with Crippen LogP contribution in [0, 0.1) is 5.92 Å². The fraction of sp³-hybridized carbons (Fsp3) is 0.750. The summed E-state index contributed by atoms with van der Waals surface area (Å²) >= 11 is 0. The van der Waals surface area contributed by atoms with Crippen molar-refractivity contribution in [1.82, 2.24) is 0 Å². The molecule has 2 heteroatoms. The van der Waals surface area contributed by atoms with Crippen molar-refractivity contribution in [2.45, 2.75) is 26.8 Å². The van der Waals surface area contributed by atoms with Gasteiger partial charge in [0.1, 0.15) is 0 Å². The lowest BCUT2D eigenvalue weighted by Gasteiger charge is -2.04. The highest BCUT2D eigenvalue weighted by molar-refractivity contribution is 6.28. The van der Waals surface area contributed by atoms with Gasteiger partial charge in [-0.2, -0.15) is 0 Å². The Morgan fingerprint density at radius 2 is 2.20 bits per heavy atom. The molecule has 0 aliphatic heterocycles. The molecule has 0 aromatic rings. The first kappa shape index (κ1) is 9.92. The summed E-state index contributed by atoms with van der Waals surface area (Å²) in [6, 6.07) is 1.02. The summed E-state index contributed by atoms with van der Waals surface area (Å²) in [6.45, 7) is 11.0. The quantitative estimate of drug-likeness (QED) is 0.337. The van der Waals surface area contributed by atoms with Crippen LogP contribution in [0.2, 0.25) is 6.04 Å². The van der Waals surface area contributed by atoms with Crippen LogP contribution >= 0.6 is 0 Å². The van der Waals surface area contributed by atoms with Crippen molar-refractivity contribution in [2.75, 3.05) is 6.61 Å². The molecule has 0 saturated carbocycles. The van der Waals surface area contributed by atoms with E-state index in [-0.39, 0.29) is 0 Å². The maximum Gasteiger partial charge on any atom is 0.234 e. The predicted octanol–water partition coefficient (Wildman–Crippen LogP) is 2.27. The molecule has 0 aromatic heterocycles. The van der Waals surface area contributed by atoms with Gasteiger partial charge in [0.05, 0.1) is 0 Å². The molecule has 0 N–H and O–H groups in total. The van der Waals surface area contributed by atoms with E-state index in [0.717, 1.165) is 12.7 Å². The molecular formula is C8H16OSi. The van der Waals surface area contributed by atoms with E-state index in [1.807, 2.05) is 6.92 Å². The summed E-state index contributed by atoms with van der Waals surface area (Å²) in [4.78, 5) is 0. The van der Waals surface area contributed by atoms with Gasteiger partial charge >= 0.3 is 0 Å². The SMILES string of the molecule is C=C(C)C[Si]OCC(C)C. The van der Waals surface area contributed by atoms with Crippen molar-refractivity contribution in [1.29, 1.82) is 0 Å². The molecule has 2 radical (unpaired) electrons. The van der Waals surface area contributed by atoms with Gasteiger partial charge in [-0.25, -0.2) is 0 Å². The van der Waals surface area contributed by atoms with E-state index in [0.29, 0.717) is 15.7 Å². The highest BCUT2D eigenvalue weighted by Crippen LogP contribution is 1.97. The Morgan fingerprint density at radius 1 is 1.60 bits per heavy atom. The molecule has 0 bridgehead atoms. The Bertz CT molecular complexity index is 99.4. The van der Waals surface area contributed by atoms with E-state index in [4.69, 9.17) is 4.43 Å². The minimum absolute atomic E-state index is 0.606. The van der Waals surface area contributed by atoms with Crippen molar-refractivity contribution in [3.05, 3.63) is 12.2 Å². The minimum Gasteiger partial charge on any atom is -0.417 e. The fourth-order valence-corrected chi connectivity index (χ4v) is 1.20. The molecule has 0 rings (SSSR count). The number of allylic oxidation sites excluding steroid dienone is 1. The van der Waals surface area contributed by atoms with Gasteiger partial charge in [0.15, 0.2) is 0 Å². The first-order valence-electron chi connectivity index (χ1n) is 3.62. The normalized spacial score (nSPS) is 10.4. The molecule has 0 amide bonds. The Balaban J connectivity index is 2.98. The highest BCUT2D eigenvalue weighted by atomic mass is 28.2. The zero-order valence-corrected chi connectivity index (χ0v) is 8.11. The van der Waals surface area contributed by atoms with Crippen LogP contribution in [0.15, 0.2) is 12.2 Å². The van der Waals surface area contributed by atoms with Crippen LogP contribution < -0.4 is 0 Å². The number of rotatable bonds is 5. The first-order valence-corrected chi connectivity index (χ1v) is 4.73. The van der Waals surface area contributed by atoms with E-state index >= 15 is 0 Å². The van der Waals surface area contributed by atoms with Crippen molar-refractivity contribution in [3.63, 3.8) is 0 Å². The third-order valence-electron chi connectivity index (χ3n) is 0.893. The predicted molar refractivity (Wildman–Crippen MR) is 46.2 cm³/mol. The molecule has 0 aliphatic carbocycles. The van der Waals surface area contributed by atoms with E-state index in [9.17, 15) is 0 Å². The van der Waals surface area contributed by atoms with Crippen LogP contribution in [0.3, 0.4) is 0 Å². The van der Waals surface area contributed by atoms with Crippen LogP contribution in [0.25, 0.3) is 0 Å². The average molecular weight is 156 g/mol. The molecule has 0 unspecified atom stereocenters. The van der Waals surface area contributed by atoms with Crippen molar-refractivity contribution in [2.24, 2.45) is 5.92 Å². The van der Waals surface area contributed by atoms with Crippen molar-refractivity contribution < 1.29 is 4.43 Å². The molecule has 0 fully saturated rings. The highest BCUT2D eigenvalue weighted by Gasteiger charge is 1.94. The zero-order chi connectivity index (χ0) is 7.98. The van der Waals surface area contributed by atoms with Gasteiger partial charge < -0.3 is 4.43 Å². The number of hydrogen-bond donors (Lipinski definition) is 0. The van der Waals surface area contributed by atoms with Gasteiger partial charge in [-0.1, -0.05) is 19.4 Å². The van der Waals surface area contributed by atoms with E-state index in [1.165, 1.54) is 5.57 Å². The lowest BCUT2D eigenvalue weighted by atomic mass is 10.2. The molecule has 0 spiro atoms. The maximum atomic E-state index is 5.37. The Morgan fingerprint density at radius 3 is 2.60 bits per heavy atom. The second kappa shape index (κ2) is 5.68. The van der Waals surface area contributed by atoms with Crippen LogP contribution in [-0.4, -0.2) is 16.4 Å². The summed E-state index contributed by atoms with van der Waals surface area (Å²) in [5.41, 5.74) is 1.21. The number of hydrogen-bond acceptors (Lipinski definition) is 1. The molecule has 1 nitrogen and oxygen atoms in total. The van der Waals surface area contributed by atoms with E-state index < -0.39 is 0 Å². The lowest BCUT2D eigenvalue weighted by Crippen LogP contribution is -2.05. The second-order valence-electron chi connectivity index (χ2n) is 2.98. The Hall–Kier alpha value is -0.0831. The van der Waals surface area contributed by atoms with Crippen LogP contribution in [0.5, 0.6) is 0 Å². The molecule has 0 aliphatic rings. The van der Waals surface area contributed by atoms with E-state index in [1.54, 1.807) is 0 Å². The zero-order valence-electron chi connectivity index (χ0n) is 7.11. The first-order chi connectivity index (χ1) is 4.63. The van der Waals surface area contributed by atoms with Gasteiger partial charge in [0.2, 0.25) is 9.76 Å². The summed E-state index contributed by atoms with van der Waals surface area (Å²) in [6.07, 6.45) is 0. The summed E-state index contributed by atoms with van der Waals surface area (Å²) < 4.78 is 5.37. The van der Waals surface area contributed by atoms with Crippen LogP contribution in [-0.2, 0) is 4.43 Å².